The summed E-state index contributed by atoms with van der Waals surface area (Å²) in [7, 11) is 0. The molecule has 0 radical (unpaired) electrons. The molecule has 0 aliphatic carbocycles. The van der Waals surface area contributed by atoms with Crippen LogP contribution in [-0.4, -0.2) is 9.55 Å². The molecule has 2 heterocycles. The molecule has 0 saturated heterocycles. The van der Waals surface area contributed by atoms with Crippen LogP contribution in [0.25, 0.3) is 61.0 Å². The molecule has 5 aromatic carbocycles. The highest BCUT2D eigenvalue weighted by Crippen LogP contribution is 2.36. The highest BCUT2D eigenvalue weighted by Gasteiger charge is 2.14. The zero-order chi connectivity index (χ0) is 26.2. The van der Waals surface area contributed by atoms with Gasteiger partial charge in [-0.2, -0.15) is 5.26 Å². The molecule has 3 heteroatoms. The maximum Gasteiger partial charge on any atom is 0.141 e. The lowest BCUT2D eigenvalue weighted by Gasteiger charge is -2.12. The van der Waals surface area contributed by atoms with Crippen LogP contribution in [0.15, 0.2) is 140 Å². The first-order chi connectivity index (χ1) is 19.3. The van der Waals surface area contributed by atoms with E-state index in [1.165, 1.54) is 21.9 Å². The number of nitrogens with zero attached hydrogens (tertiary/aromatic N) is 3. The largest absolute Gasteiger partial charge is 0.309 e. The van der Waals surface area contributed by atoms with Crippen LogP contribution < -0.4 is 0 Å². The minimum absolute atomic E-state index is 0.405. The third-order valence-electron chi connectivity index (χ3n) is 7.23. The second-order valence-electron chi connectivity index (χ2n) is 9.60. The summed E-state index contributed by atoms with van der Waals surface area (Å²) in [6.45, 7) is 0. The van der Waals surface area contributed by atoms with Crippen LogP contribution in [0.4, 0.5) is 0 Å². The molecule has 0 aliphatic heterocycles. The number of para-hydroxylation sites is 1. The average Bonchev–Trinajstić information content (AvgIpc) is 3.35. The van der Waals surface area contributed by atoms with Crippen molar-refractivity contribution in [3.05, 3.63) is 145 Å². The van der Waals surface area contributed by atoms with Gasteiger partial charge in [-0.1, -0.05) is 97.1 Å². The first kappa shape index (κ1) is 22.7. The van der Waals surface area contributed by atoms with E-state index in [1.54, 1.807) is 0 Å². The zero-order valence-corrected chi connectivity index (χ0v) is 21.1. The van der Waals surface area contributed by atoms with Crippen LogP contribution in [0.5, 0.6) is 0 Å². The number of nitriles is 1. The Kier molecular flexibility index (Phi) is 5.50. The predicted octanol–water partition coefficient (Wildman–Crippen LogP) is 9.05. The molecule has 0 amide bonds. The zero-order valence-electron chi connectivity index (χ0n) is 21.1. The number of hydrogen-bond acceptors (Lipinski definition) is 2. The summed E-state index contributed by atoms with van der Waals surface area (Å²) in [5, 5.41) is 12.2. The molecule has 0 aliphatic rings. The topological polar surface area (TPSA) is 41.6 Å². The van der Waals surface area contributed by atoms with Gasteiger partial charge in [-0.25, -0.2) is 4.98 Å². The number of benzene rings is 5. The molecular formula is C36H23N3. The van der Waals surface area contributed by atoms with Crippen molar-refractivity contribution in [2.24, 2.45) is 0 Å². The Labute approximate surface area is 226 Å². The van der Waals surface area contributed by atoms with E-state index >= 15 is 0 Å². The molecular weight excluding hydrogens is 474 g/mol. The molecule has 0 N–H and O–H groups in total. The van der Waals surface area contributed by atoms with Crippen LogP contribution in [0.1, 0.15) is 5.69 Å². The van der Waals surface area contributed by atoms with E-state index in [9.17, 15) is 5.26 Å². The molecule has 0 saturated carbocycles. The van der Waals surface area contributed by atoms with Gasteiger partial charge in [-0.3, -0.25) is 0 Å². The highest BCUT2D eigenvalue weighted by molar-refractivity contribution is 6.10. The Bertz CT molecular complexity index is 2010. The van der Waals surface area contributed by atoms with Crippen molar-refractivity contribution in [2.45, 2.75) is 0 Å². The van der Waals surface area contributed by atoms with Crippen LogP contribution in [-0.2, 0) is 0 Å². The highest BCUT2D eigenvalue weighted by atomic mass is 15.0. The fraction of sp³-hybridized carbons (Fsp3) is 0. The molecule has 7 rings (SSSR count). The van der Waals surface area contributed by atoms with E-state index in [0.717, 1.165) is 39.1 Å². The molecule has 2 aromatic heterocycles. The number of aromatic nitrogens is 2. The van der Waals surface area contributed by atoms with E-state index in [4.69, 9.17) is 0 Å². The van der Waals surface area contributed by atoms with Crippen molar-refractivity contribution >= 4 is 21.8 Å². The number of hydrogen-bond donors (Lipinski definition) is 0. The minimum atomic E-state index is 0.405. The van der Waals surface area contributed by atoms with Crippen LogP contribution >= 0.6 is 0 Å². The first-order valence-corrected chi connectivity index (χ1v) is 13.0. The van der Waals surface area contributed by atoms with Gasteiger partial charge >= 0.3 is 0 Å². The summed E-state index contributed by atoms with van der Waals surface area (Å²) < 4.78 is 2.33. The van der Waals surface area contributed by atoms with Gasteiger partial charge in [0, 0.05) is 22.0 Å². The van der Waals surface area contributed by atoms with E-state index in [0.29, 0.717) is 5.69 Å². The Hall–Kier alpha value is -5.46. The standard InChI is InChI=1S/C36H23N3/c37-24-30-20-29(23-34(38-30)26-12-5-2-6-13-26)27-14-9-15-31(21-27)39-35-17-8-7-16-32(35)33-22-28(18-19-36(33)39)25-10-3-1-4-11-25/h1-23H. The summed E-state index contributed by atoms with van der Waals surface area (Å²) in [6, 6.07) is 50.5. The number of pyridine rings is 1. The molecule has 0 unspecified atom stereocenters. The lowest BCUT2D eigenvalue weighted by molar-refractivity contribution is 1.18. The normalized spacial score (nSPS) is 11.1. The Balaban J connectivity index is 1.40. The molecule has 39 heavy (non-hydrogen) atoms. The smallest absolute Gasteiger partial charge is 0.141 e. The van der Waals surface area contributed by atoms with Gasteiger partial charge in [0.05, 0.1) is 16.7 Å². The molecule has 7 aromatic rings. The van der Waals surface area contributed by atoms with Gasteiger partial charge in [-0.15, -0.1) is 0 Å². The van der Waals surface area contributed by atoms with Crippen molar-refractivity contribution in [1.29, 1.82) is 5.26 Å². The maximum absolute atomic E-state index is 9.71. The lowest BCUT2D eigenvalue weighted by atomic mass is 10.0. The number of fused-ring (bicyclic) bond motifs is 3. The number of rotatable bonds is 4. The van der Waals surface area contributed by atoms with Crippen molar-refractivity contribution in [1.82, 2.24) is 9.55 Å². The Morgan fingerprint density at radius 3 is 1.95 bits per heavy atom. The lowest BCUT2D eigenvalue weighted by Crippen LogP contribution is -1.95. The summed E-state index contributed by atoms with van der Waals surface area (Å²) >= 11 is 0. The van der Waals surface area contributed by atoms with Gasteiger partial charge in [0.2, 0.25) is 0 Å². The molecule has 0 atom stereocenters. The van der Waals surface area contributed by atoms with E-state index in [1.807, 2.05) is 42.5 Å². The summed E-state index contributed by atoms with van der Waals surface area (Å²) in [6.07, 6.45) is 0. The summed E-state index contributed by atoms with van der Waals surface area (Å²) in [5.74, 6) is 0. The van der Waals surface area contributed by atoms with Crippen molar-refractivity contribution in [2.75, 3.05) is 0 Å². The van der Waals surface area contributed by atoms with E-state index in [-0.39, 0.29) is 0 Å². The van der Waals surface area contributed by atoms with Crippen molar-refractivity contribution in [3.8, 4) is 45.3 Å². The first-order valence-electron chi connectivity index (χ1n) is 13.0. The second-order valence-corrected chi connectivity index (χ2v) is 9.60. The molecule has 0 fully saturated rings. The van der Waals surface area contributed by atoms with Gasteiger partial charge in [0.15, 0.2) is 0 Å². The SMILES string of the molecule is N#Cc1cc(-c2cccc(-n3c4ccccc4c4cc(-c5ccccc5)ccc43)c2)cc(-c2ccccc2)n1. The quantitative estimate of drug-likeness (QED) is 0.243. The second kappa shape index (κ2) is 9.45. The minimum Gasteiger partial charge on any atom is -0.309 e. The van der Waals surface area contributed by atoms with Crippen LogP contribution in [0.2, 0.25) is 0 Å². The van der Waals surface area contributed by atoms with Crippen LogP contribution in [0, 0.1) is 11.3 Å². The van der Waals surface area contributed by atoms with Crippen molar-refractivity contribution in [3.63, 3.8) is 0 Å². The van der Waals surface area contributed by atoms with E-state index in [2.05, 4.69) is 113 Å². The maximum atomic E-state index is 9.71. The van der Waals surface area contributed by atoms with Crippen LogP contribution in [0.3, 0.4) is 0 Å². The summed E-state index contributed by atoms with van der Waals surface area (Å²) in [5.41, 5.74) is 9.99. The van der Waals surface area contributed by atoms with Gasteiger partial charge in [0.1, 0.15) is 11.8 Å². The molecule has 0 bridgehead atoms. The summed E-state index contributed by atoms with van der Waals surface area (Å²) in [4.78, 5) is 4.57. The average molecular weight is 498 g/mol. The third-order valence-corrected chi connectivity index (χ3v) is 7.23. The molecule has 182 valence electrons. The fourth-order valence-corrected chi connectivity index (χ4v) is 5.40. The molecule has 3 nitrogen and oxygen atoms in total. The van der Waals surface area contributed by atoms with Gasteiger partial charge in [0.25, 0.3) is 0 Å². The monoisotopic (exact) mass is 497 g/mol. The Morgan fingerprint density at radius 1 is 0.487 bits per heavy atom. The van der Waals surface area contributed by atoms with E-state index < -0.39 is 0 Å². The van der Waals surface area contributed by atoms with Gasteiger partial charge < -0.3 is 4.57 Å². The van der Waals surface area contributed by atoms with Gasteiger partial charge in [-0.05, 0) is 64.7 Å². The van der Waals surface area contributed by atoms with Crippen molar-refractivity contribution < 1.29 is 0 Å². The third kappa shape index (κ3) is 4.05. The predicted molar refractivity (Wildman–Crippen MR) is 160 cm³/mol. The fourth-order valence-electron chi connectivity index (χ4n) is 5.40. The Morgan fingerprint density at radius 2 is 1.15 bits per heavy atom. The molecule has 0 spiro atoms.